The minimum absolute atomic E-state index is 0.234. The Morgan fingerprint density at radius 3 is 1.92 bits per heavy atom. The first-order valence-corrected chi connectivity index (χ1v) is 8.43. The molecule has 0 amide bonds. The number of hydrogen-bond donors (Lipinski definition) is 2. The predicted octanol–water partition coefficient (Wildman–Crippen LogP) is 4.64. The van der Waals surface area contributed by atoms with E-state index in [9.17, 15) is 4.79 Å². The van der Waals surface area contributed by atoms with E-state index in [2.05, 4.69) is 34.8 Å². The van der Waals surface area contributed by atoms with Crippen molar-refractivity contribution >= 4 is 17.4 Å². The smallest absolute Gasteiger partial charge is 0.335 e. The van der Waals surface area contributed by atoms with Crippen molar-refractivity contribution < 1.29 is 9.90 Å². The van der Waals surface area contributed by atoms with Crippen molar-refractivity contribution in [1.82, 2.24) is 0 Å². The first-order valence-electron chi connectivity index (χ1n) is 8.43. The van der Waals surface area contributed by atoms with Gasteiger partial charge >= 0.3 is 5.97 Å². The molecule has 0 aliphatic carbocycles. The Hall–Kier alpha value is -3.40. The fourth-order valence-corrected chi connectivity index (χ4v) is 2.67. The van der Waals surface area contributed by atoms with Gasteiger partial charge in [-0.1, -0.05) is 66.7 Å². The first-order chi connectivity index (χ1) is 12.7. The number of benzene rings is 3. The lowest BCUT2D eigenvalue weighted by atomic mass is 10.0. The molecule has 3 aromatic carbocycles. The van der Waals surface area contributed by atoms with Gasteiger partial charge in [-0.2, -0.15) is 5.10 Å². The third-order valence-corrected chi connectivity index (χ3v) is 3.95. The van der Waals surface area contributed by atoms with E-state index in [1.165, 1.54) is 11.1 Å². The number of carbonyl (C=O) groups is 1. The molecule has 26 heavy (non-hydrogen) atoms. The first kappa shape index (κ1) is 17.4. The molecule has 0 aliphatic rings. The molecule has 0 radical (unpaired) electrons. The van der Waals surface area contributed by atoms with Crippen LogP contribution in [-0.2, 0) is 12.8 Å². The van der Waals surface area contributed by atoms with Crippen molar-refractivity contribution in [1.29, 1.82) is 0 Å². The number of hydrogen-bond acceptors (Lipinski definition) is 3. The third-order valence-electron chi connectivity index (χ3n) is 3.95. The second-order valence-corrected chi connectivity index (χ2v) is 6.00. The average Bonchev–Trinajstić information content (AvgIpc) is 2.68. The summed E-state index contributed by atoms with van der Waals surface area (Å²) in [7, 11) is 0. The van der Waals surface area contributed by atoms with Crippen molar-refractivity contribution in [3.63, 3.8) is 0 Å². The molecular formula is C22H20N2O2. The number of nitrogens with one attached hydrogen (secondary N) is 1. The number of carboxylic acid groups (broad SMARTS) is 1. The SMILES string of the molecule is O=C(O)c1cccc(NN=C(Cc2ccccc2)Cc2ccccc2)c1. The van der Waals surface area contributed by atoms with E-state index in [0.717, 1.165) is 18.6 Å². The maximum atomic E-state index is 11.1. The van der Waals surface area contributed by atoms with Crippen LogP contribution in [0.4, 0.5) is 5.69 Å². The molecule has 0 unspecified atom stereocenters. The van der Waals surface area contributed by atoms with Crippen LogP contribution in [0.5, 0.6) is 0 Å². The minimum Gasteiger partial charge on any atom is -0.478 e. The average molecular weight is 344 g/mol. The van der Waals surface area contributed by atoms with Gasteiger partial charge in [-0.05, 0) is 29.3 Å². The van der Waals surface area contributed by atoms with E-state index in [-0.39, 0.29) is 5.56 Å². The molecule has 0 heterocycles. The van der Waals surface area contributed by atoms with Crippen molar-refractivity contribution in [3.8, 4) is 0 Å². The lowest BCUT2D eigenvalue weighted by Crippen LogP contribution is -2.10. The second-order valence-electron chi connectivity index (χ2n) is 6.00. The highest BCUT2D eigenvalue weighted by Crippen LogP contribution is 2.12. The maximum Gasteiger partial charge on any atom is 0.335 e. The van der Waals surface area contributed by atoms with Crippen LogP contribution in [0, 0.1) is 0 Å². The van der Waals surface area contributed by atoms with Crippen molar-refractivity contribution in [2.45, 2.75) is 12.8 Å². The van der Waals surface area contributed by atoms with Crippen LogP contribution in [0.25, 0.3) is 0 Å². The summed E-state index contributed by atoms with van der Waals surface area (Å²) in [4.78, 5) is 11.1. The molecule has 4 nitrogen and oxygen atoms in total. The molecule has 4 heteroatoms. The molecule has 3 aromatic rings. The van der Waals surface area contributed by atoms with Crippen molar-refractivity contribution in [3.05, 3.63) is 102 Å². The van der Waals surface area contributed by atoms with Crippen LogP contribution >= 0.6 is 0 Å². The zero-order valence-corrected chi connectivity index (χ0v) is 14.3. The van der Waals surface area contributed by atoms with Gasteiger partial charge in [0.05, 0.1) is 11.3 Å². The largest absolute Gasteiger partial charge is 0.478 e. The number of rotatable bonds is 7. The van der Waals surface area contributed by atoms with Gasteiger partial charge in [0.25, 0.3) is 0 Å². The molecule has 0 aliphatic heterocycles. The second kappa shape index (κ2) is 8.62. The van der Waals surface area contributed by atoms with E-state index in [4.69, 9.17) is 5.11 Å². The van der Waals surface area contributed by atoms with Crippen molar-refractivity contribution in [2.24, 2.45) is 5.10 Å². The molecule has 0 atom stereocenters. The summed E-state index contributed by atoms with van der Waals surface area (Å²) < 4.78 is 0. The third kappa shape index (κ3) is 5.05. The summed E-state index contributed by atoms with van der Waals surface area (Å²) in [5.41, 5.74) is 7.24. The van der Waals surface area contributed by atoms with E-state index < -0.39 is 5.97 Å². The Balaban J connectivity index is 1.80. The molecule has 0 fully saturated rings. The number of hydrazone groups is 1. The van der Waals surface area contributed by atoms with Crippen LogP contribution < -0.4 is 5.43 Å². The van der Waals surface area contributed by atoms with Gasteiger partial charge in [0.15, 0.2) is 0 Å². The molecule has 0 bridgehead atoms. The predicted molar refractivity (Wildman–Crippen MR) is 105 cm³/mol. The quantitative estimate of drug-likeness (QED) is 0.485. The van der Waals surface area contributed by atoms with Gasteiger partial charge in [-0.25, -0.2) is 4.79 Å². The van der Waals surface area contributed by atoms with Crippen LogP contribution in [-0.4, -0.2) is 16.8 Å². The zero-order valence-electron chi connectivity index (χ0n) is 14.3. The highest BCUT2D eigenvalue weighted by atomic mass is 16.4. The topological polar surface area (TPSA) is 61.7 Å². The number of carboxylic acids is 1. The lowest BCUT2D eigenvalue weighted by Gasteiger charge is -2.09. The van der Waals surface area contributed by atoms with Crippen LogP contribution in [0.3, 0.4) is 0 Å². The molecule has 3 rings (SSSR count). The van der Waals surface area contributed by atoms with Gasteiger partial charge in [-0.3, -0.25) is 5.43 Å². The van der Waals surface area contributed by atoms with Gasteiger partial charge in [0.2, 0.25) is 0 Å². The molecule has 130 valence electrons. The Morgan fingerprint density at radius 1 is 0.808 bits per heavy atom. The van der Waals surface area contributed by atoms with Crippen LogP contribution in [0.2, 0.25) is 0 Å². The molecule has 0 spiro atoms. The normalized spacial score (nSPS) is 10.2. The van der Waals surface area contributed by atoms with Crippen LogP contribution in [0.15, 0.2) is 90.0 Å². The zero-order chi connectivity index (χ0) is 18.2. The van der Waals surface area contributed by atoms with E-state index in [0.29, 0.717) is 5.69 Å². The highest BCUT2D eigenvalue weighted by Gasteiger charge is 2.06. The fourth-order valence-electron chi connectivity index (χ4n) is 2.67. The number of anilines is 1. The van der Waals surface area contributed by atoms with E-state index in [1.807, 2.05) is 36.4 Å². The fraction of sp³-hybridized carbons (Fsp3) is 0.0909. The molecule has 0 saturated carbocycles. The minimum atomic E-state index is -0.952. The standard InChI is InChI=1S/C22H20N2O2/c25-22(26)19-12-7-13-20(16-19)23-24-21(14-17-8-3-1-4-9-17)15-18-10-5-2-6-11-18/h1-13,16,23H,14-15H2,(H,25,26). The molecule has 2 N–H and O–H groups in total. The number of nitrogens with zero attached hydrogens (tertiary/aromatic N) is 1. The maximum absolute atomic E-state index is 11.1. The summed E-state index contributed by atoms with van der Waals surface area (Å²) in [6.45, 7) is 0. The van der Waals surface area contributed by atoms with Gasteiger partial charge in [0, 0.05) is 18.6 Å². The van der Waals surface area contributed by atoms with E-state index in [1.54, 1.807) is 24.3 Å². The summed E-state index contributed by atoms with van der Waals surface area (Å²) in [6, 6.07) is 27.0. The van der Waals surface area contributed by atoms with Crippen LogP contribution in [0.1, 0.15) is 21.5 Å². The Bertz CT molecular complexity index is 847. The summed E-state index contributed by atoms with van der Waals surface area (Å²) >= 11 is 0. The summed E-state index contributed by atoms with van der Waals surface area (Å²) in [5.74, 6) is -0.952. The number of aromatic carboxylic acids is 1. The highest BCUT2D eigenvalue weighted by molar-refractivity contribution is 5.90. The van der Waals surface area contributed by atoms with Gasteiger partial charge in [0.1, 0.15) is 0 Å². The Kier molecular flexibility index (Phi) is 5.78. The summed E-state index contributed by atoms with van der Waals surface area (Å²) in [6.07, 6.45) is 1.45. The van der Waals surface area contributed by atoms with Gasteiger partial charge in [-0.15, -0.1) is 0 Å². The van der Waals surface area contributed by atoms with E-state index >= 15 is 0 Å². The molecular weight excluding hydrogens is 324 g/mol. The van der Waals surface area contributed by atoms with Gasteiger partial charge < -0.3 is 5.11 Å². The Labute approximate surface area is 152 Å². The molecule has 0 aromatic heterocycles. The summed E-state index contributed by atoms with van der Waals surface area (Å²) in [5, 5.41) is 13.7. The monoisotopic (exact) mass is 344 g/mol. The van der Waals surface area contributed by atoms with Crippen molar-refractivity contribution in [2.75, 3.05) is 5.43 Å². The molecule has 0 saturated heterocycles. The Morgan fingerprint density at radius 2 is 1.38 bits per heavy atom. The lowest BCUT2D eigenvalue weighted by molar-refractivity contribution is 0.0697.